The van der Waals surface area contributed by atoms with Crippen molar-refractivity contribution in [1.82, 2.24) is 0 Å². The van der Waals surface area contributed by atoms with Gasteiger partial charge in [-0.05, 0) is 48.9 Å². The lowest BCUT2D eigenvalue weighted by Gasteiger charge is -2.24. The Labute approximate surface area is 179 Å². The van der Waals surface area contributed by atoms with Crippen molar-refractivity contribution in [3.05, 3.63) is 88.9 Å². The van der Waals surface area contributed by atoms with Gasteiger partial charge >= 0.3 is 0 Å². The van der Waals surface area contributed by atoms with E-state index in [9.17, 15) is 13.2 Å². The molecule has 5 nitrogen and oxygen atoms in total. The lowest BCUT2D eigenvalue weighted by atomic mass is 10.1. The van der Waals surface area contributed by atoms with Gasteiger partial charge in [-0.25, -0.2) is 8.42 Å². The van der Waals surface area contributed by atoms with Gasteiger partial charge < -0.3 is 5.32 Å². The van der Waals surface area contributed by atoms with E-state index < -0.39 is 10.0 Å². The molecule has 0 saturated carbocycles. The zero-order valence-corrected chi connectivity index (χ0v) is 18.3. The fraction of sp³-hybridized carbons (Fsp3) is 0.136. The number of nitrogens with one attached hydrogen (secondary N) is 1. The van der Waals surface area contributed by atoms with E-state index in [4.69, 9.17) is 0 Å². The van der Waals surface area contributed by atoms with Gasteiger partial charge in [-0.3, -0.25) is 9.10 Å². The highest BCUT2D eigenvalue weighted by Gasteiger charge is 2.26. The molecule has 0 fully saturated rings. The summed E-state index contributed by atoms with van der Waals surface area (Å²) in [7, 11) is -3.85. The molecule has 0 aromatic heterocycles. The van der Waals surface area contributed by atoms with Crippen LogP contribution < -0.4 is 9.62 Å². The molecule has 0 atom stereocenters. The van der Waals surface area contributed by atoms with Crippen LogP contribution in [0.3, 0.4) is 0 Å². The summed E-state index contributed by atoms with van der Waals surface area (Å²) in [6.45, 7) is 2.05. The Hall–Kier alpha value is -2.64. The van der Waals surface area contributed by atoms with Crippen LogP contribution in [0.25, 0.3) is 0 Å². The number of benzene rings is 3. The quantitative estimate of drug-likeness (QED) is 0.534. The average molecular weight is 473 g/mol. The minimum atomic E-state index is -3.85. The molecule has 0 saturated heterocycles. The monoisotopic (exact) mass is 472 g/mol. The normalized spacial score (nSPS) is 11.1. The fourth-order valence-electron chi connectivity index (χ4n) is 2.98. The van der Waals surface area contributed by atoms with Crippen LogP contribution in [0.2, 0.25) is 0 Å². The maximum atomic E-state index is 13.3. The number of nitrogens with zero attached hydrogens (tertiary/aromatic N) is 1. The summed E-state index contributed by atoms with van der Waals surface area (Å²) in [6, 6.07) is 22.8. The largest absolute Gasteiger partial charge is 0.325 e. The van der Waals surface area contributed by atoms with Gasteiger partial charge in [-0.2, -0.15) is 0 Å². The third-order valence-electron chi connectivity index (χ3n) is 4.34. The maximum absolute atomic E-state index is 13.3. The first-order valence-electron chi connectivity index (χ1n) is 9.13. The zero-order chi connectivity index (χ0) is 20.9. The van der Waals surface area contributed by atoms with Gasteiger partial charge in [0.2, 0.25) is 5.91 Å². The van der Waals surface area contributed by atoms with Crippen molar-refractivity contribution >= 4 is 43.2 Å². The van der Waals surface area contributed by atoms with E-state index in [1.807, 2.05) is 30.3 Å². The van der Waals surface area contributed by atoms with Crippen LogP contribution in [0.4, 0.5) is 11.4 Å². The molecule has 0 aliphatic heterocycles. The average Bonchev–Trinajstić information content (AvgIpc) is 2.71. The molecule has 0 radical (unpaired) electrons. The van der Waals surface area contributed by atoms with E-state index in [0.717, 1.165) is 10.0 Å². The summed E-state index contributed by atoms with van der Waals surface area (Å²) in [5.74, 6) is -0.280. The van der Waals surface area contributed by atoms with E-state index >= 15 is 0 Å². The fourth-order valence-corrected chi connectivity index (χ4v) is 4.87. The SMILES string of the molecule is CCN(c1ccccc1)S(=O)(=O)c1ccccc1NC(=O)Cc1ccc(Br)cc1. The third-order valence-corrected chi connectivity index (χ3v) is 6.83. The summed E-state index contributed by atoms with van der Waals surface area (Å²) in [5, 5.41) is 2.75. The molecule has 29 heavy (non-hydrogen) atoms. The second kappa shape index (κ2) is 9.24. The van der Waals surface area contributed by atoms with Crippen molar-refractivity contribution in [2.75, 3.05) is 16.2 Å². The maximum Gasteiger partial charge on any atom is 0.266 e. The van der Waals surface area contributed by atoms with E-state index in [2.05, 4.69) is 21.2 Å². The summed E-state index contributed by atoms with van der Waals surface area (Å²) >= 11 is 3.36. The van der Waals surface area contributed by atoms with E-state index in [0.29, 0.717) is 5.69 Å². The lowest BCUT2D eigenvalue weighted by molar-refractivity contribution is -0.115. The summed E-state index contributed by atoms with van der Waals surface area (Å²) < 4.78 is 28.9. The van der Waals surface area contributed by atoms with Crippen molar-refractivity contribution in [3.63, 3.8) is 0 Å². The van der Waals surface area contributed by atoms with Crippen LogP contribution in [-0.4, -0.2) is 20.9 Å². The molecule has 0 aliphatic carbocycles. The van der Waals surface area contributed by atoms with Gasteiger partial charge in [-0.1, -0.05) is 58.4 Å². The summed E-state index contributed by atoms with van der Waals surface area (Å²) in [5.41, 5.74) is 1.68. The van der Waals surface area contributed by atoms with Gasteiger partial charge in [0.15, 0.2) is 0 Å². The van der Waals surface area contributed by atoms with Crippen LogP contribution in [0.15, 0.2) is 88.2 Å². The topological polar surface area (TPSA) is 66.5 Å². The molecular formula is C22H21BrN2O3S. The van der Waals surface area contributed by atoms with Gasteiger partial charge in [0.25, 0.3) is 10.0 Å². The Morgan fingerprint density at radius 2 is 1.55 bits per heavy atom. The highest BCUT2D eigenvalue weighted by molar-refractivity contribution is 9.10. The van der Waals surface area contributed by atoms with Crippen molar-refractivity contribution in [2.24, 2.45) is 0 Å². The predicted octanol–water partition coefficient (Wildman–Crippen LogP) is 4.85. The number of carbonyl (C=O) groups is 1. The summed E-state index contributed by atoms with van der Waals surface area (Å²) in [6.07, 6.45) is 0.151. The Balaban J connectivity index is 1.87. The number of hydrogen-bond donors (Lipinski definition) is 1. The van der Waals surface area contributed by atoms with Gasteiger partial charge in [0.05, 0.1) is 17.8 Å². The molecule has 3 rings (SSSR count). The predicted molar refractivity (Wildman–Crippen MR) is 120 cm³/mol. The highest BCUT2D eigenvalue weighted by atomic mass is 79.9. The van der Waals surface area contributed by atoms with Gasteiger partial charge in [-0.15, -0.1) is 0 Å². The molecular weight excluding hydrogens is 452 g/mol. The number of halogens is 1. The number of carbonyl (C=O) groups excluding carboxylic acids is 1. The standard InChI is InChI=1S/C22H21BrN2O3S/c1-2-25(19-8-4-3-5-9-19)29(27,28)21-11-7-6-10-20(21)24-22(26)16-17-12-14-18(23)15-13-17/h3-15H,2,16H2,1H3,(H,24,26). The first-order valence-corrected chi connectivity index (χ1v) is 11.4. The summed E-state index contributed by atoms with van der Waals surface area (Å²) in [4.78, 5) is 12.6. The molecule has 150 valence electrons. The number of sulfonamides is 1. The van der Waals surface area contributed by atoms with E-state index in [-0.39, 0.29) is 29.5 Å². The van der Waals surface area contributed by atoms with Crippen molar-refractivity contribution in [2.45, 2.75) is 18.2 Å². The molecule has 0 spiro atoms. The zero-order valence-electron chi connectivity index (χ0n) is 15.9. The number of hydrogen-bond acceptors (Lipinski definition) is 3. The number of rotatable bonds is 7. The Morgan fingerprint density at radius 3 is 2.21 bits per heavy atom. The van der Waals surface area contributed by atoms with Crippen LogP contribution >= 0.6 is 15.9 Å². The minimum absolute atomic E-state index is 0.0647. The van der Waals surface area contributed by atoms with E-state index in [1.54, 1.807) is 49.4 Å². The Morgan fingerprint density at radius 1 is 0.931 bits per heavy atom. The molecule has 3 aromatic carbocycles. The Bertz CT molecular complexity index is 1080. The molecule has 1 amide bonds. The third kappa shape index (κ3) is 5.05. The second-order valence-electron chi connectivity index (χ2n) is 6.35. The molecule has 3 aromatic rings. The smallest absolute Gasteiger partial charge is 0.266 e. The number of anilines is 2. The van der Waals surface area contributed by atoms with Crippen LogP contribution in [0.5, 0.6) is 0 Å². The molecule has 0 aliphatic rings. The first kappa shape index (κ1) is 21.1. The lowest BCUT2D eigenvalue weighted by Crippen LogP contribution is -2.31. The van der Waals surface area contributed by atoms with Crippen molar-refractivity contribution < 1.29 is 13.2 Å². The molecule has 0 bridgehead atoms. The molecule has 1 N–H and O–H groups in total. The van der Waals surface area contributed by atoms with Crippen molar-refractivity contribution in [1.29, 1.82) is 0 Å². The van der Waals surface area contributed by atoms with Crippen molar-refractivity contribution in [3.8, 4) is 0 Å². The second-order valence-corrected chi connectivity index (χ2v) is 9.10. The van der Waals surface area contributed by atoms with Gasteiger partial charge in [0.1, 0.15) is 4.90 Å². The van der Waals surface area contributed by atoms with Gasteiger partial charge in [0, 0.05) is 11.0 Å². The van der Waals surface area contributed by atoms with Crippen LogP contribution in [0.1, 0.15) is 12.5 Å². The minimum Gasteiger partial charge on any atom is -0.325 e. The van der Waals surface area contributed by atoms with Crippen LogP contribution in [0, 0.1) is 0 Å². The van der Waals surface area contributed by atoms with Crippen LogP contribution in [-0.2, 0) is 21.2 Å². The highest BCUT2D eigenvalue weighted by Crippen LogP contribution is 2.28. The number of para-hydroxylation sites is 2. The Kier molecular flexibility index (Phi) is 6.71. The molecule has 0 unspecified atom stereocenters. The molecule has 0 heterocycles. The number of amides is 1. The first-order chi connectivity index (χ1) is 13.9. The van der Waals surface area contributed by atoms with E-state index in [1.165, 1.54) is 10.4 Å². The molecule has 7 heteroatoms.